The predicted molar refractivity (Wildman–Crippen MR) is 83.6 cm³/mol. The van der Waals surface area contributed by atoms with E-state index in [-0.39, 0.29) is 6.04 Å². The highest BCUT2D eigenvalue weighted by molar-refractivity contribution is 5.79. The van der Waals surface area contributed by atoms with Crippen molar-refractivity contribution in [2.24, 2.45) is 0 Å². The van der Waals surface area contributed by atoms with Crippen molar-refractivity contribution in [2.75, 3.05) is 5.32 Å². The summed E-state index contributed by atoms with van der Waals surface area (Å²) in [5, 5.41) is 4.73. The molecule has 1 N–H and O–H groups in total. The van der Waals surface area contributed by atoms with Gasteiger partial charge < -0.3 is 5.32 Å². The molecule has 0 saturated heterocycles. The van der Waals surface area contributed by atoms with Gasteiger partial charge in [-0.2, -0.15) is 0 Å². The number of aromatic nitrogens is 1. The third-order valence-electron chi connectivity index (χ3n) is 3.71. The molecular weight excluding hydrogens is 244 g/mol. The highest BCUT2D eigenvalue weighted by Crippen LogP contribution is 2.30. The first-order chi connectivity index (χ1) is 9.90. The molecule has 0 spiro atoms. The van der Waals surface area contributed by atoms with Gasteiger partial charge in [-0.05, 0) is 29.3 Å². The van der Waals surface area contributed by atoms with E-state index in [4.69, 9.17) is 0 Å². The number of benzene rings is 2. The molecule has 96 valence electrons. The van der Waals surface area contributed by atoms with Gasteiger partial charge in [-0.3, -0.25) is 4.98 Å². The lowest BCUT2D eigenvalue weighted by molar-refractivity contribution is 0.971. The van der Waals surface area contributed by atoms with Gasteiger partial charge in [0, 0.05) is 17.3 Å². The Hall–Kier alpha value is -2.61. The molecule has 2 heteroatoms. The summed E-state index contributed by atoms with van der Waals surface area (Å²) in [6, 6.07) is 18.9. The van der Waals surface area contributed by atoms with Crippen LogP contribution in [0.25, 0.3) is 17.0 Å². The Bertz CT molecular complexity index is 805. The molecule has 2 aromatic carbocycles. The van der Waals surface area contributed by atoms with Crippen LogP contribution in [0.4, 0.5) is 5.69 Å². The first-order valence-corrected chi connectivity index (χ1v) is 6.79. The highest BCUT2D eigenvalue weighted by Gasteiger charge is 2.14. The second-order valence-electron chi connectivity index (χ2n) is 5.03. The fourth-order valence-corrected chi connectivity index (χ4v) is 2.64. The Labute approximate surface area is 117 Å². The molecule has 0 bridgehead atoms. The van der Waals surface area contributed by atoms with E-state index in [0.29, 0.717) is 0 Å². The predicted octanol–water partition coefficient (Wildman–Crippen LogP) is 4.41. The SMILES string of the molecule is C1=CC(c2cnc3ccccc3c2)Nc2ccccc21. The maximum atomic E-state index is 4.54. The second-order valence-corrected chi connectivity index (χ2v) is 5.03. The maximum Gasteiger partial charge on any atom is 0.0716 e. The zero-order valence-electron chi connectivity index (χ0n) is 11.0. The number of fused-ring (bicyclic) bond motifs is 2. The van der Waals surface area contributed by atoms with Crippen LogP contribution in [0, 0.1) is 0 Å². The summed E-state index contributed by atoms with van der Waals surface area (Å²) in [5.74, 6) is 0. The summed E-state index contributed by atoms with van der Waals surface area (Å²) in [6.45, 7) is 0. The third-order valence-corrected chi connectivity index (χ3v) is 3.71. The molecule has 20 heavy (non-hydrogen) atoms. The van der Waals surface area contributed by atoms with Gasteiger partial charge in [0.15, 0.2) is 0 Å². The van der Waals surface area contributed by atoms with Gasteiger partial charge in [0.25, 0.3) is 0 Å². The van der Waals surface area contributed by atoms with Crippen molar-refractivity contribution in [2.45, 2.75) is 6.04 Å². The minimum Gasteiger partial charge on any atom is -0.374 e. The average Bonchev–Trinajstić information content (AvgIpc) is 2.54. The van der Waals surface area contributed by atoms with E-state index in [1.807, 2.05) is 24.4 Å². The Morgan fingerprint density at radius 2 is 1.80 bits per heavy atom. The minimum atomic E-state index is 0.182. The van der Waals surface area contributed by atoms with E-state index < -0.39 is 0 Å². The molecule has 2 nitrogen and oxygen atoms in total. The average molecular weight is 258 g/mol. The van der Waals surface area contributed by atoms with E-state index >= 15 is 0 Å². The molecular formula is C18H14N2. The van der Waals surface area contributed by atoms with Gasteiger partial charge in [-0.1, -0.05) is 48.6 Å². The summed E-state index contributed by atoms with van der Waals surface area (Å²) in [7, 11) is 0. The number of anilines is 1. The number of nitrogens with zero attached hydrogens (tertiary/aromatic N) is 1. The molecule has 3 aromatic rings. The first-order valence-electron chi connectivity index (χ1n) is 6.79. The van der Waals surface area contributed by atoms with E-state index in [0.717, 1.165) is 5.52 Å². The number of pyridine rings is 1. The smallest absolute Gasteiger partial charge is 0.0716 e. The Kier molecular flexibility index (Phi) is 2.52. The van der Waals surface area contributed by atoms with Crippen LogP contribution < -0.4 is 5.32 Å². The van der Waals surface area contributed by atoms with Gasteiger partial charge in [-0.25, -0.2) is 0 Å². The van der Waals surface area contributed by atoms with Crippen LogP contribution in [0.5, 0.6) is 0 Å². The summed E-state index contributed by atoms with van der Waals surface area (Å²) in [4.78, 5) is 4.54. The van der Waals surface area contributed by atoms with Crippen molar-refractivity contribution in [1.29, 1.82) is 0 Å². The highest BCUT2D eigenvalue weighted by atomic mass is 14.9. The minimum absolute atomic E-state index is 0.182. The van der Waals surface area contributed by atoms with Gasteiger partial charge in [-0.15, -0.1) is 0 Å². The lowest BCUT2D eigenvalue weighted by atomic mass is 10.00. The Balaban J connectivity index is 1.74. The van der Waals surface area contributed by atoms with Crippen LogP contribution >= 0.6 is 0 Å². The lowest BCUT2D eigenvalue weighted by Gasteiger charge is -2.22. The van der Waals surface area contributed by atoms with Crippen molar-refractivity contribution in [1.82, 2.24) is 4.98 Å². The quantitative estimate of drug-likeness (QED) is 0.699. The number of hydrogen-bond donors (Lipinski definition) is 1. The van der Waals surface area contributed by atoms with Crippen LogP contribution in [-0.2, 0) is 0 Å². The largest absolute Gasteiger partial charge is 0.374 e. The Morgan fingerprint density at radius 1 is 0.950 bits per heavy atom. The van der Waals surface area contributed by atoms with Gasteiger partial charge >= 0.3 is 0 Å². The number of rotatable bonds is 1. The fraction of sp³-hybridized carbons (Fsp3) is 0.0556. The monoisotopic (exact) mass is 258 g/mol. The van der Waals surface area contributed by atoms with E-state index in [2.05, 4.69) is 58.9 Å². The summed E-state index contributed by atoms with van der Waals surface area (Å²) >= 11 is 0. The van der Waals surface area contributed by atoms with Gasteiger partial charge in [0.2, 0.25) is 0 Å². The molecule has 2 heterocycles. The molecule has 0 saturated carbocycles. The van der Waals surface area contributed by atoms with Gasteiger partial charge in [0.1, 0.15) is 0 Å². The Morgan fingerprint density at radius 3 is 2.80 bits per heavy atom. The summed E-state index contributed by atoms with van der Waals surface area (Å²) in [6.07, 6.45) is 6.32. The van der Waals surface area contributed by atoms with Crippen LogP contribution in [0.1, 0.15) is 17.2 Å². The van der Waals surface area contributed by atoms with Crippen molar-refractivity contribution in [3.8, 4) is 0 Å². The van der Waals surface area contributed by atoms with E-state index in [9.17, 15) is 0 Å². The molecule has 1 aliphatic rings. The van der Waals surface area contributed by atoms with E-state index in [1.54, 1.807) is 0 Å². The summed E-state index contributed by atoms with van der Waals surface area (Å²) < 4.78 is 0. The molecule has 0 aliphatic carbocycles. The molecule has 0 amide bonds. The summed E-state index contributed by atoms with van der Waals surface area (Å²) in [5.41, 5.74) is 4.64. The van der Waals surface area contributed by atoms with Crippen LogP contribution in [0.3, 0.4) is 0 Å². The number of hydrogen-bond acceptors (Lipinski definition) is 2. The zero-order valence-corrected chi connectivity index (χ0v) is 11.0. The second kappa shape index (κ2) is 4.49. The van der Waals surface area contributed by atoms with E-state index in [1.165, 1.54) is 22.2 Å². The van der Waals surface area contributed by atoms with Crippen LogP contribution in [-0.4, -0.2) is 4.98 Å². The topological polar surface area (TPSA) is 24.9 Å². The standard InChI is InChI=1S/C18H14N2/c1-4-8-17-13(5-1)9-10-18(20-17)15-11-14-6-2-3-7-16(14)19-12-15/h1-12,18,20H. The van der Waals surface area contributed by atoms with Crippen LogP contribution in [0.2, 0.25) is 0 Å². The first kappa shape index (κ1) is 11.2. The van der Waals surface area contributed by atoms with Crippen molar-refractivity contribution in [3.63, 3.8) is 0 Å². The molecule has 0 fully saturated rings. The normalized spacial score (nSPS) is 16.7. The molecule has 1 aromatic heterocycles. The number of para-hydroxylation sites is 2. The lowest BCUT2D eigenvalue weighted by Crippen LogP contribution is -2.12. The molecule has 1 unspecified atom stereocenters. The van der Waals surface area contributed by atoms with Crippen molar-refractivity contribution < 1.29 is 0 Å². The van der Waals surface area contributed by atoms with Crippen molar-refractivity contribution in [3.05, 3.63) is 78.0 Å². The van der Waals surface area contributed by atoms with Crippen molar-refractivity contribution >= 4 is 22.7 Å². The van der Waals surface area contributed by atoms with Crippen LogP contribution in [0.15, 0.2) is 66.9 Å². The molecule has 0 radical (unpaired) electrons. The zero-order chi connectivity index (χ0) is 13.4. The molecule has 4 rings (SSSR count). The molecule has 1 atom stereocenters. The fourth-order valence-electron chi connectivity index (χ4n) is 2.64. The number of nitrogens with one attached hydrogen (secondary N) is 1. The maximum absolute atomic E-state index is 4.54. The molecule has 1 aliphatic heterocycles. The third kappa shape index (κ3) is 1.86. The van der Waals surface area contributed by atoms with Gasteiger partial charge in [0.05, 0.1) is 11.6 Å².